The average Bonchev–Trinajstić information content (AvgIpc) is 2.73. The highest BCUT2D eigenvalue weighted by Gasteiger charge is 2.13. The van der Waals surface area contributed by atoms with E-state index in [1.54, 1.807) is 32.4 Å². The van der Waals surface area contributed by atoms with E-state index in [0.29, 0.717) is 11.5 Å². The minimum atomic E-state index is -3.49. The van der Waals surface area contributed by atoms with Crippen molar-refractivity contribution in [2.45, 2.75) is 12.3 Å². The summed E-state index contributed by atoms with van der Waals surface area (Å²) in [5.41, 5.74) is 3.62. The molecule has 3 aromatic carbocycles. The highest BCUT2D eigenvalue weighted by atomic mass is 32.2. The minimum absolute atomic E-state index is 0.0828. The van der Waals surface area contributed by atoms with Crippen LogP contribution in [0.5, 0.6) is 11.5 Å². The Labute approximate surface area is 166 Å². The van der Waals surface area contributed by atoms with Gasteiger partial charge in [0.15, 0.2) is 0 Å². The predicted molar refractivity (Wildman–Crippen MR) is 111 cm³/mol. The van der Waals surface area contributed by atoms with Crippen molar-refractivity contribution in [3.8, 4) is 22.6 Å². The molecule has 0 amide bonds. The lowest BCUT2D eigenvalue weighted by atomic mass is 10.0. The van der Waals surface area contributed by atoms with Crippen LogP contribution in [0.1, 0.15) is 11.1 Å². The molecule has 0 spiro atoms. The fourth-order valence-electron chi connectivity index (χ4n) is 2.88. The Hall–Kier alpha value is -2.83. The van der Waals surface area contributed by atoms with Gasteiger partial charge in [-0.3, -0.25) is 0 Å². The summed E-state index contributed by atoms with van der Waals surface area (Å²) in [5.74, 6) is 1.15. The molecular weight excluding hydrogens is 374 g/mol. The van der Waals surface area contributed by atoms with Crippen LogP contribution in [0, 0.1) is 0 Å². The van der Waals surface area contributed by atoms with Crippen molar-refractivity contribution >= 4 is 10.0 Å². The number of hydrogen-bond donors (Lipinski definition) is 1. The van der Waals surface area contributed by atoms with E-state index in [-0.39, 0.29) is 12.3 Å². The van der Waals surface area contributed by atoms with Crippen LogP contribution in [0.2, 0.25) is 0 Å². The van der Waals surface area contributed by atoms with Crippen LogP contribution in [0.15, 0.2) is 72.8 Å². The van der Waals surface area contributed by atoms with E-state index in [4.69, 9.17) is 9.47 Å². The molecule has 0 bridgehead atoms. The number of rotatable bonds is 8. The summed E-state index contributed by atoms with van der Waals surface area (Å²) in [5, 5.41) is 0. The molecule has 146 valence electrons. The summed E-state index contributed by atoms with van der Waals surface area (Å²) in [6.45, 7) is 0.150. The Morgan fingerprint density at radius 1 is 0.821 bits per heavy atom. The van der Waals surface area contributed by atoms with E-state index in [2.05, 4.69) is 4.72 Å². The number of benzene rings is 3. The lowest BCUT2D eigenvalue weighted by Crippen LogP contribution is -2.25. The van der Waals surface area contributed by atoms with E-state index >= 15 is 0 Å². The molecule has 0 aliphatic rings. The van der Waals surface area contributed by atoms with Crippen molar-refractivity contribution in [1.29, 1.82) is 0 Å². The number of hydrogen-bond acceptors (Lipinski definition) is 4. The zero-order chi connectivity index (χ0) is 20.0. The van der Waals surface area contributed by atoms with E-state index in [1.165, 1.54) is 0 Å². The Morgan fingerprint density at radius 3 is 2.14 bits per heavy atom. The lowest BCUT2D eigenvalue weighted by molar-refractivity contribution is 0.390. The molecule has 3 rings (SSSR count). The fraction of sp³-hybridized carbons (Fsp3) is 0.182. The SMILES string of the molecule is COc1ccc(CNS(=O)(=O)Cc2ccc(-c3ccccc3)cc2)c(OC)c1. The summed E-state index contributed by atoms with van der Waals surface area (Å²) in [7, 11) is -0.375. The molecule has 5 nitrogen and oxygen atoms in total. The van der Waals surface area contributed by atoms with Gasteiger partial charge in [0, 0.05) is 18.2 Å². The topological polar surface area (TPSA) is 64.6 Å². The van der Waals surface area contributed by atoms with Gasteiger partial charge < -0.3 is 9.47 Å². The van der Waals surface area contributed by atoms with Gasteiger partial charge in [0.05, 0.1) is 20.0 Å². The van der Waals surface area contributed by atoms with Crippen molar-refractivity contribution < 1.29 is 17.9 Å². The molecule has 28 heavy (non-hydrogen) atoms. The Kier molecular flexibility index (Phi) is 6.34. The van der Waals surface area contributed by atoms with Crippen LogP contribution in [0.4, 0.5) is 0 Å². The van der Waals surface area contributed by atoms with Gasteiger partial charge in [0.25, 0.3) is 0 Å². The largest absolute Gasteiger partial charge is 0.497 e. The number of nitrogens with one attached hydrogen (secondary N) is 1. The normalized spacial score (nSPS) is 11.2. The second-order valence-corrected chi connectivity index (χ2v) is 8.13. The van der Waals surface area contributed by atoms with Gasteiger partial charge >= 0.3 is 0 Å². The van der Waals surface area contributed by atoms with Gasteiger partial charge in [-0.2, -0.15) is 0 Å². The summed E-state index contributed by atoms with van der Waals surface area (Å²) in [6.07, 6.45) is 0. The first-order chi connectivity index (χ1) is 13.5. The smallest absolute Gasteiger partial charge is 0.216 e. The van der Waals surface area contributed by atoms with Gasteiger partial charge in [-0.15, -0.1) is 0 Å². The summed E-state index contributed by atoms with van der Waals surface area (Å²) in [6, 6.07) is 22.8. The Balaban J connectivity index is 1.66. The van der Waals surface area contributed by atoms with Crippen LogP contribution >= 0.6 is 0 Å². The summed E-state index contributed by atoms with van der Waals surface area (Å²) in [4.78, 5) is 0. The third-order valence-corrected chi connectivity index (χ3v) is 5.69. The van der Waals surface area contributed by atoms with E-state index in [1.807, 2.05) is 54.6 Å². The van der Waals surface area contributed by atoms with E-state index in [0.717, 1.165) is 22.3 Å². The first-order valence-corrected chi connectivity index (χ1v) is 10.5. The summed E-state index contributed by atoms with van der Waals surface area (Å²) >= 11 is 0. The second-order valence-electron chi connectivity index (χ2n) is 6.32. The van der Waals surface area contributed by atoms with Gasteiger partial charge in [-0.05, 0) is 22.8 Å². The van der Waals surface area contributed by atoms with E-state index < -0.39 is 10.0 Å². The highest BCUT2D eigenvalue weighted by molar-refractivity contribution is 7.88. The minimum Gasteiger partial charge on any atom is -0.497 e. The predicted octanol–water partition coefficient (Wildman–Crippen LogP) is 3.99. The molecule has 0 fully saturated rings. The Bertz CT molecular complexity index is 1020. The van der Waals surface area contributed by atoms with Crippen molar-refractivity contribution in [3.05, 3.63) is 83.9 Å². The van der Waals surface area contributed by atoms with Crippen molar-refractivity contribution in [1.82, 2.24) is 4.72 Å². The number of methoxy groups -OCH3 is 2. The monoisotopic (exact) mass is 397 g/mol. The third kappa shape index (κ3) is 5.12. The quantitative estimate of drug-likeness (QED) is 0.624. The molecule has 0 aliphatic heterocycles. The molecule has 1 N–H and O–H groups in total. The molecular formula is C22H23NO4S. The molecule has 0 aromatic heterocycles. The lowest BCUT2D eigenvalue weighted by Gasteiger charge is -2.12. The zero-order valence-corrected chi connectivity index (χ0v) is 16.7. The van der Waals surface area contributed by atoms with Gasteiger partial charge in [-0.25, -0.2) is 13.1 Å². The van der Waals surface area contributed by atoms with Gasteiger partial charge in [0.1, 0.15) is 11.5 Å². The van der Waals surface area contributed by atoms with Crippen LogP contribution in [0.3, 0.4) is 0 Å². The zero-order valence-electron chi connectivity index (χ0n) is 15.9. The van der Waals surface area contributed by atoms with Crippen molar-refractivity contribution in [3.63, 3.8) is 0 Å². The Morgan fingerprint density at radius 2 is 1.50 bits per heavy atom. The van der Waals surface area contributed by atoms with Crippen LogP contribution in [0.25, 0.3) is 11.1 Å². The molecule has 6 heteroatoms. The second kappa shape index (κ2) is 8.91. The standard InChI is InChI=1S/C22H23NO4S/c1-26-21-13-12-20(22(14-21)27-2)15-23-28(24,25)16-17-8-10-19(11-9-17)18-6-4-3-5-7-18/h3-14,23H,15-16H2,1-2H3. The average molecular weight is 397 g/mol. The molecule has 3 aromatic rings. The maximum absolute atomic E-state index is 12.5. The third-order valence-electron chi connectivity index (χ3n) is 4.39. The number of sulfonamides is 1. The van der Waals surface area contributed by atoms with Crippen LogP contribution in [-0.2, 0) is 22.3 Å². The molecule has 0 unspecified atom stereocenters. The highest BCUT2D eigenvalue weighted by Crippen LogP contribution is 2.25. The molecule has 0 radical (unpaired) electrons. The van der Waals surface area contributed by atoms with Crippen molar-refractivity contribution in [2.75, 3.05) is 14.2 Å². The first-order valence-electron chi connectivity index (χ1n) is 8.83. The van der Waals surface area contributed by atoms with Crippen molar-refractivity contribution in [2.24, 2.45) is 0 Å². The fourth-order valence-corrected chi connectivity index (χ4v) is 3.99. The summed E-state index contributed by atoms with van der Waals surface area (Å²) < 4.78 is 38.1. The van der Waals surface area contributed by atoms with Gasteiger partial charge in [-0.1, -0.05) is 60.7 Å². The molecule has 0 saturated carbocycles. The molecule has 0 heterocycles. The van der Waals surface area contributed by atoms with Crippen LogP contribution < -0.4 is 14.2 Å². The first kappa shape index (κ1) is 19.9. The maximum Gasteiger partial charge on any atom is 0.216 e. The van der Waals surface area contributed by atoms with Crippen LogP contribution in [-0.4, -0.2) is 22.6 Å². The molecule has 0 atom stereocenters. The molecule has 0 saturated heterocycles. The molecule has 0 aliphatic carbocycles. The van der Waals surface area contributed by atoms with Gasteiger partial charge in [0.2, 0.25) is 10.0 Å². The maximum atomic E-state index is 12.5. The van der Waals surface area contributed by atoms with E-state index in [9.17, 15) is 8.42 Å². The number of ether oxygens (including phenoxy) is 2.